The number of amides is 1. The van der Waals surface area contributed by atoms with Gasteiger partial charge in [-0.2, -0.15) is 0 Å². The molecular formula is C12H14FN3O4S. The van der Waals surface area contributed by atoms with E-state index in [4.69, 9.17) is 11.5 Å². The SMILES string of the molecule is NCC#Cc1ccc(S(=O)(=O)NCCOC(N)=O)cc1F. The number of rotatable bonds is 5. The first-order valence-corrected chi connectivity index (χ1v) is 7.25. The highest BCUT2D eigenvalue weighted by Crippen LogP contribution is 2.14. The van der Waals surface area contributed by atoms with Crippen LogP contribution in [0.2, 0.25) is 0 Å². The Morgan fingerprint density at radius 2 is 2.14 bits per heavy atom. The van der Waals surface area contributed by atoms with Gasteiger partial charge in [-0.25, -0.2) is 22.3 Å². The maximum atomic E-state index is 13.7. The summed E-state index contributed by atoms with van der Waals surface area (Å²) in [6, 6.07) is 3.30. The van der Waals surface area contributed by atoms with Crippen LogP contribution in [0.4, 0.5) is 9.18 Å². The van der Waals surface area contributed by atoms with Crippen LogP contribution < -0.4 is 16.2 Å². The zero-order chi connectivity index (χ0) is 15.9. The molecule has 0 aliphatic carbocycles. The lowest BCUT2D eigenvalue weighted by molar-refractivity contribution is 0.159. The summed E-state index contributed by atoms with van der Waals surface area (Å²) in [5, 5.41) is 0. The summed E-state index contributed by atoms with van der Waals surface area (Å²) in [4.78, 5) is 10.0. The molecule has 0 fully saturated rings. The average Bonchev–Trinajstić information content (AvgIpc) is 2.42. The molecular weight excluding hydrogens is 301 g/mol. The third-order valence-corrected chi connectivity index (χ3v) is 3.67. The molecule has 0 aromatic heterocycles. The predicted octanol–water partition coefficient (Wildman–Crippen LogP) is -0.491. The molecule has 0 aliphatic rings. The highest BCUT2D eigenvalue weighted by molar-refractivity contribution is 7.89. The molecule has 9 heteroatoms. The largest absolute Gasteiger partial charge is 0.448 e. The molecule has 1 aromatic carbocycles. The van der Waals surface area contributed by atoms with Crippen LogP contribution in [0.15, 0.2) is 23.1 Å². The third-order valence-electron chi connectivity index (χ3n) is 2.21. The van der Waals surface area contributed by atoms with E-state index < -0.39 is 21.9 Å². The Hall–Kier alpha value is -2.15. The molecule has 21 heavy (non-hydrogen) atoms. The molecule has 0 saturated carbocycles. The van der Waals surface area contributed by atoms with Crippen LogP contribution in [0.5, 0.6) is 0 Å². The predicted molar refractivity (Wildman–Crippen MR) is 73.1 cm³/mol. The Kier molecular flexibility index (Phi) is 6.10. The van der Waals surface area contributed by atoms with Crippen molar-refractivity contribution in [3.8, 4) is 11.8 Å². The van der Waals surface area contributed by atoms with Crippen molar-refractivity contribution in [2.75, 3.05) is 19.7 Å². The fraction of sp³-hybridized carbons (Fsp3) is 0.250. The van der Waals surface area contributed by atoms with Gasteiger partial charge in [0.25, 0.3) is 0 Å². The van der Waals surface area contributed by atoms with Gasteiger partial charge in [0.1, 0.15) is 12.4 Å². The van der Waals surface area contributed by atoms with E-state index in [9.17, 15) is 17.6 Å². The van der Waals surface area contributed by atoms with E-state index in [1.165, 1.54) is 12.1 Å². The van der Waals surface area contributed by atoms with Crippen LogP contribution in [0.1, 0.15) is 5.56 Å². The van der Waals surface area contributed by atoms with Gasteiger partial charge < -0.3 is 16.2 Å². The second-order valence-electron chi connectivity index (χ2n) is 3.71. The van der Waals surface area contributed by atoms with Crippen LogP contribution in [0.3, 0.4) is 0 Å². The van der Waals surface area contributed by atoms with Crippen LogP contribution in [0.25, 0.3) is 0 Å². The summed E-state index contributed by atoms with van der Waals surface area (Å²) in [6.07, 6.45) is -1.01. The summed E-state index contributed by atoms with van der Waals surface area (Å²) in [7, 11) is -3.91. The van der Waals surface area contributed by atoms with Crippen molar-refractivity contribution in [2.45, 2.75) is 4.90 Å². The quantitative estimate of drug-likeness (QED) is 0.499. The van der Waals surface area contributed by atoms with Gasteiger partial charge in [0.2, 0.25) is 10.0 Å². The first kappa shape index (κ1) is 16.9. The molecule has 0 saturated heterocycles. The molecule has 7 nitrogen and oxygen atoms in total. The molecule has 0 spiro atoms. The van der Waals surface area contributed by atoms with Gasteiger partial charge in [0, 0.05) is 6.54 Å². The minimum Gasteiger partial charge on any atom is -0.448 e. The second-order valence-corrected chi connectivity index (χ2v) is 5.48. The summed E-state index contributed by atoms with van der Waals surface area (Å²) < 4.78 is 43.9. The van der Waals surface area contributed by atoms with Gasteiger partial charge in [-0.1, -0.05) is 11.8 Å². The smallest absolute Gasteiger partial charge is 0.404 e. The molecule has 114 valence electrons. The van der Waals surface area contributed by atoms with Crippen LogP contribution in [0, 0.1) is 17.7 Å². The number of carbonyl (C=O) groups excluding carboxylic acids is 1. The number of benzene rings is 1. The van der Waals surface area contributed by atoms with Crippen LogP contribution in [-0.4, -0.2) is 34.2 Å². The molecule has 0 heterocycles. The first-order chi connectivity index (χ1) is 9.86. The molecule has 0 bridgehead atoms. The first-order valence-electron chi connectivity index (χ1n) is 5.77. The Labute approximate surface area is 121 Å². The second kappa shape index (κ2) is 7.58. The van der Waals surface area contributed by atoms with Crippen molar-refractivity contribution in [2.24, 2.45) is 11.5 Å². The normalized spacial score (nSPS) is 10.6. The standard InChI is InChI=1S/C12H14FN3O4S/c13-11-8-10(4-3-9(11)2-1-5-14)21(18,19)16-6-7-20-12(15)17/h3-4,8,16H,5-7,14H2,(H2,15,17). The summed E-state index contributed by atoms with van der Waals surface area (Å²) >= 11 is 0. The Morgan fingerprint density at radius 1 is 1.43 bits per heavy atom. The minimum absolute atomic E-state index is 0.0523. The maximum absolute atomic E-state index is 13.7. The number of hydrogen-bond acceptors (Lipinski definition) is 5. The number of halogens is 1. The fourth-order valence-electron chi connectivity index (χ4n) is 1.32. The van der Waals surface area contributed by atoms with E-state index in [2.05, 4.69) is 21.3 Å². The van der Waals surface area contributed by atoms with Gasteiger partial charge in [0.15, 0.2) is 0 Å². The Bertz CT molecular complexity index is 679. The van der Waals surface area contributed by atoms with Crippen molar-refractivity contribution in [3.05, 3.63) is 29.6 Å². The Morgan fingerprint density at radius 3 is 2.71 bits per heavy atom. The molecule has 0 unspecified atom stereocenters. The van der Waals surface area contributed by atoms with Crippen LogP contribution in [-0.2, 0) is 14.8 Å². The molecule has 0 radical (unpaired) electrons. The fourth-order valence-corrected chi connectivity index (χ4v) is 2.35. The third kappa shape index (κ3) is 5.39. The number of ether oxygens (including phenoxy) is 1. The van der Waals surface area contributed by atoms with Crippen molar-refractivity contribution in [1.29, 1.82) is 0 Å². The number of sulfonamides is 1. The molecule has 1 amide bonds. The van der Waals surface area contributed by atoms with E-state index in [1.807, 2.05) is 0 Å². The van der Waals surface area contributed by atoms with Gasteiger partial charge in [-0.05, 0) is 18.2 Å². The number of nitrogens with one attached hydrogen (secondary N) is 1. The zero-order valence-corrected chi connectivity index (χ0v) is 11.7. The highest BCUT2D eigenvalue weighted by atomic mass is 32.2. The topological polar surface area (TPSA) is 125 Å². The lowest BCUT2D eigenvalue weighted by atomic mass is 10.2. The number of primary amides is 1. The monoisotopic (exact) mass is 315 g/mol. The summed E-state index contributed by atoms with van der Waals surface area (Å²) in [6.45, 7) is -0.334. The molecule has 1 aromatic rings. The van der Waals surface area contributed by atoms with Gasteiger partial charge >= 0.3 is 6.09 Å². The summed E-state index contributed by atoms with van der Waals surface area (Å²) in [5.41, 5.74) is 9.94. The van der Waals surface area contributed by atoms with E-state index in [-0.39, 0.29) is 30.2 Å². The summed E-state index contributed by atoms with van der Waals surface area (Å²) in [5.74, 6) is 4.18. The van der Waals surface area contributed by atoms with Gasteiger partial charge in [-0.3, -0.25) is 0 Å². The Balaban J connectivity index is 2.79. The lowest BCUT2D eigenvalue weighted by Crippen LogP contribution is -2.29. The highest BCUT2D eigenvalue weighted by Gasteiger charge is 2.15. The van der Waals surface area contributed by atoms with Gasteiger partial charge in [-0.15, -0.1) is 0 Å². The van der Waals surface area contributed by atoms with Crippen LogP contribution >= 0.6 is 0 Å². The zero-order valence-electron chi connectivity index (χ0n) is 10.9. The van der Waals surface area contributed by atoms with E-state index in [0.29, 0.717) is 0 Å². The minimum atomic E-state index is -3.91. The number of carbonyl (C=O) groups is 1. The van der Waals surface area contributed by atoms with E-state index in [0.717, 1.165) is 6.07 Å². The van der Waals surface area contributed by atoms with Crippen molar-refractivity contribution in [1.82, 2.24) is 4.72 Å². The average molecular weight is 315 g/mol. The van der Waals surface area contributed by atoms with E-state index >= 15 is 0 Å². The van der Waals surface area contributed by atoms with Crippen molar-refractivity contribution in [3.63, 3.8) is 0 Å². The number of nitrogens with two attached hydrogens (primary N) is 2. The van der Waals surface area contributed by atoms with Crippen molar-refractivity contribution >= 4 is 16.1 Å². The molecule has 0 aliphatic heterocycles. The van der Waals surface area contributed by atoms with E-state index in [1.54, 1.807) is 0 Å². The van der Waals surface area contributed by atoms with Crippen molar-refractivity contribution < 1.29 is 22.3 Å². The molecule has 0 atom stereocenters. The van der Waals surface area contributed by atoms with Gasteiger partial charge in [0.05, 0.1) is 17.0 Å². The lowest BCUT2D eigenvalue weighted by Gasteiger charge is -2.07. The molecule has 5 N–H and O–H groups in total. The maximum Gasteiger partial charge on any atom is 0.404 e. The number of hydrogen-bond donors (Lipinski definition) is 3. The molecule has 1 rings (SSSR count).